The average molecular weight is 208 g/mol. The normalized spacial score (nSPS) is 27.9. The lowest BCUT2D eigenvalue weighted by atomic mass is 10.1. The molecule has 0 heterocycles. The zero-order chi connectivity index (χ0) is 10.7. The van der Waals surface area contributed by atoms with Gasteiger partial charge in [0.2, 0.25) is 0 Å². The Morgan fingerprint density at radius 3 is 2.93 bits per heavy atom. The Kier molecular flexibility index (Phi) is 3.45. The van der Waals surface area contributed by atoms with Crippen LogP contribution in [0.25, 0.3) is 0 Å². The van der Waals surface area contributed by atoms with Crippen LogP contribution in [0.1, 0.15) is 51.9 Å². The second kappa shape index (κ2) is 4.82. The van der Waals surface area contributed by atoms with Crippen LogP contribution < -0.4 is 0 Å². The van der Waals surface area contributed by atoms with E-state index >= 15 is 0 Å². The largest absolute Gasteiger partial charge is 0.431 e. The molecule has 84 valence electrons. The molecule has 0 aliphatic heterocycles. The zero-order valence-corrected chi connectivity index (χ0v) is 9.50. The van der Waals surface area contributed by atoms with E-state index in [-0.39, 0.29) is 5.97 Å². The van der Waals surface area contributed by atoms with Crippen LogP contribution in [0.2, 0.25) is 0 Å². The summed E-state index contributed by atoms with van der Waals surface area (Å²) in [5, 5.41) is 0. The van der Waals surface area contributed by atoms with E-state index in [4.69, 9.17) is 4.74 Å². The van der Waals surface area contributed by atoms with Gasteiger partial charge in [-0.15, -0.1) is 0 Å². The van der Waals surface area contributed by atoms with E-state index in [1.807, 2.05) is 0 Å². The highest BCUT2D eigenvalue weighted by atomic mass is 16.5. The minimum atomic E-state index is -0.0257. The third kappa shape index (κ3) is 2.61. The van der Waals surface area contributed by atoms with Crippen molar-refractivity contribution in [2.45, 2.75) is 51.9 Å². The van der Waals surface area contributed by atoms with Gasteiger partial charge in [0, 0.05) is 12.3 Å². The number of carbonyl (C=O) groups excluding carboxylic acids is 1. The van der Waals surface area contributed by atoms with E-state index in [2.05, 4.69) is 13.0 Å². The van der Waals surface area contributed by atoms with Crippen molar-refractivity contribution in [3.05, 3.63) is 11.8 Å². The van der Waals surface area contributed by atoms with Crippen molar-refractivity contribution in [1.82, 2.24) is 0 Å². The number of hydrogen-bond acceptors (Lipinski definition) is 2. The number of carbonyl (C=O) groups is 1. The van der Waals surface area contributed by atoms with Crippen LogP contribution >= 0.6 is 0 Å². The lowest BCUT2D eigenvalue weighted by Crippen LogP contribution is -2.09. The summed E-state index contributed by atoms with van der Waals surface area (Å²) >= 11 is 0. The van der Waals surface area contributed by atoms with Gasteiger partial charge in [-0.2, -0.15) is 0 Å². The maximum Gasteiger partial charge on any atom is 0.310 e. The molecular weight excluding hydrogens is 188 g/mol. The van der Waals surface area contributed by atoms with Crippen molar-refractivity contribution in [3.63, 3.8) is 0 Å². The molecule has 0 aromatic heterocycles. The first-order valence-electron chi connectivity index (χ1n) is 6.22. The molecule has 1 saturated carbocycles. The summed E-state index contributed by atoms with van der Waals surface area (Å²) in [6, 6.07) is 0. The van der Waals surface area contributed by atoms with Crippen LogP contribution in [-0.2, 0) is 9.53 Å². The molecule has 15 heavy (non-hydrogen) atoms. The average Bonchev–Trinajstić information content (AvgIpc) is 2.79. The molecule has 1 fully saturated rings. The molecule has 2 atom stereocenters. The van der Waals surface area contributed by atoms with Gasteiger partial charge in [-0.3, -0.25) is 4.79 Å². The Labute approximate surface area is 91.7 Å². The minimum Gasteiger partial charge on any atom is -0.431 e. The van der Waals surface area contributed by atoms with E-state index in [0.29, 0.717) is 18.3 Å². The smallest absolute Gasteiger partial charge is 0.310 e. The summed E-state index contributed by atoms with van der Waals surface area (Å²) in [5.74, 6) is 2.22. The van der Waals surface area contributed by atoms with Crippen LogP contribution in [-0.4, -0.2) is 5.97 Å². The molecule has 2 unspecified atom stereocenters. The predicted molar refractivity (Wildman–Crippen MR) is 59.1 cm³/mol. The van der Waals surface area contributed by atoms with E-state index in [0.717, 1.165) is 25.0 Å². The first kappa shape index (κ1) is 10.7. The third-order valence-corrected chi connectivity index (χ3v) is 3.49. The molecule has 0 spiro atoms. The summed E-state index contributed by atoms with van der Waals surface area (Å²) in [4.78, 5) is 11.5. The van der Waals surface area contributed by atoms with Crippen molar-refractivity contribution in [2.24, 2.45) is 11.8 Å². The molecule has 0 amide bonds. The van der Waals surface area contributed by atoms with Crippen LogP contribution in [0.3, 0.4) is 0 Å². The van der Waals surface area contributed by atoms with Crippen molar-refractivity contribution in [3.8, 4) is 0 Å². The van der Waals surface area contributed by atoms with Gasteiger partial charge in [-0.1, -0.05) is 19.8 Å². The van der Waals surface area contributed by atoms with Gasteiger partial charge >= 0.3 is 5.97 Å². The summed E-state index contributed by atoms with van der Waals surface area (Å²) in [6.45, 7) is 2.14. The van der Waals surface area contributed by atoms with Gasteiger partial charge < -0.3 is 4.74 Å². The summed E-state index contributed by atoms with van der Waals surface area (Å²) in [5.41, 5.74) is 0. The quantitative estimate of drug-likeness (QED) is 0.511. The lowest BCUT2D eigenvalue weighted by Gasteiger charge is -2.13. The van der Waals surface area contributed by atoms with Gasteiger partial charge in [0.05, 0.1) is 0 Å². The zero-order valence-electron chi connectivity index (χ0n) is 9.50. The fourth-order valence-corrected chi connectivity index (χ4v) is 2.61. The number of rotatable bonds is 5. The topological polar surface area (TPSA) is 26.3 Å². The second-order valence-electron chi connectivity index (χ2n) is 4.77. The van der Waals surface area contributed by atoms with E-state index in [1.165, 1.54) is 19.3 Å². The van der Waals surface area contributed by atoms with Gasteiger partial charge in [0.15, 0.2) is 0 Å². The Hall–Kier alpha value is -0.790. The number of fused-ring (bicyclic) bond motifs is 2. The van der Waals surface area contributed by atoms with E-state index in [1.54, 1.807) is 0 Å². The highest BCUT2D eigenvalue weighted by molar-refractivity contribution is 5.70. The standard InChI is InChI=1S/C13H20O2/c1-2-3-4-5-13(14)15-12-9-10-6-7-11(12)8-10/h9-11H,2-8H2,1H3. The summed E-state index contributed by atoms with van der Waals surface area (Å²) in [6.07, 6.45) is 9.74. The fourth-order valence-electron chi connectivity index (χ4n) is 2.61. The summed E-state index contributed by atoms with van der Waals surface area (Å²) in [7, 11) is 0. The van der Waals surface area contributed by atoms with Crippen LogP contribution in [0.15, 0.2) is 11.8 Å². The lowest BCUT2D eigenvalue weighted by molar-refractivity contribution is -0.140. The molecule has 2 heteroatoms. The Morgan fingerprint density at radius 1 is 1.47 bits per heavy atom. The van der Waals surface area contributed by atoms with E-state index < -0.39 is 0 Å². The molecule has 2 aliphatic carbocycles. The number of esters is 1. The molecule has 2 rings (SSSR count). The molecular formula is C13H20O2. The van der Waals surface area contributed by atoms with Crippen molar-refractivity contribution >= 4 is 5.97 Å². The van der Waals surface area contributed by atoms with Crippen molar-refractivity contribution in [2.75, 3.05) is 0 Å². The van der Waals surface area contributed by atoms with Crippen LogP contribution in [0.5, 0.6) is 0 Å². The monoisotopic (exact) mass is 208 g/mol. The molecule has 2 bridgehead atoms. The molecule has 0 aromatic carbocycles. The van der Waals surface area contributed by atoms with Gasteiger partial charge in [-0.25, -0.2) is 0 Å². The van der Waals surface area contributed by atoms with Crippen molar-refractivity contribution < 1.29 is 9.53 Å². The Balaban J connectivity index is 1.73. The molecule has 0 saturated heterocycles. The highest BCUT2D eigenvalue weighted by Gasteiger charge is 2.34. The summed E-state index contributed by atoms with van der Waals surface area (Å²) < 4.78 is 5.41. The number of hydrogen-bond donors (Lipinski definition) is 0. The first-order chi connectivity index (χ1) is 7.29. The van der Waals surface area contributed by atoms with Crippen molar-refractivity contribution in [1.29, 1.82) is 0 Å². The number of ether oxygens (including phenoxy) is 1. The predicted octanol–water partition coefficient (Wildman–Crippen LogP) is 3.42. The molecule has 0 N–H and O–H groups in total. The van der Waals surface area contributed by atoms with Crippen LogP contribution in [0.4, 0.5) is 0 Å². The van der Waals surface area contributed by atoms with Gasteiger partial charge in [0.1, 0.15) is 5.76 Å². The Bertz CT molecular complexity index is 268. The maximum absolute atomic E-state index is 11.5. The first-order valence-corrected chi connectivity index (χ1v) is 6.22. The molecule has 2 nitrogen and oxygen atoms in total. The third-order valence-electron chi connectivity index (χ3n) is 3.49. The van der Waals surface area contributed by atoms with Gasteiger partial charge in [0.25, 0.3) is 0 Å². The van der Waals surface area contributed by atoms with E-state index in [9.17, 15) is 4.79 Å². The second-order valence-corrected chi connectivity index (χ2v) is 4.77. The molecule has 2 aliphatic rings. The Morgan fingerprint density at radius 2 is 2.33 bits per heavy atom. The number of allylic oxidation sites excluding steroid dienone is 2. The SMILES string of the molecule is CCCCCC(=O)OC1=CC2CCC1C2. The van der Waals surface area contributed by atoms with Crippen LogP contribution in [0, 0.1) is 11.8 Å². The highest BCUT2D eigenvalue weighted by Crippen LogP contribution is 2.44. The minimum absolute atomic E-state index is 0.0257. The molecule has 0 aromatic rings. The molecule has 0 radical (unpaired) electrons. The maximum atomic E-state index is 11.5. The fraction of sp³-hybridized carbons (Fsp3) is 0.769. The number of unbranched alkanes of at least 4 members (excludes halogenated alkanes) is 2. The van der Waals surface area contributed by atoms with Gasteiger partial charge in [-0.05, 0) is 37.7 Å².